The van der Waals surface area contributed by atoms with Crippen LogP contribution in [0.1, 0.15) is 52.7 Å². The molecule has 3 aromatic rings. The van der Waals surface area contributed by atoms with Crippen molar-refractivity contribution in [2.45, 2.75) is 52.4 Å². The van der Waals surface area contributed by atoms with Gasteiger partial charge in [0.1, 0.15) is 11.5 Å². The van der Waals surface area contributed by atoms with E-state index in [0.29, 0.717) is 11.5 Å². The largest absolute Gasteiger partial charge is 0.507 e. The zero-order valence-corrected chi connectivity index (χ0v) is 17.7. The maximum Gasteiger partial charge on any atom is 0.124 e. The average molecular weight is 381 g/mol. The van der Waals surface area contributed by atoms with Crippen molar-refractivity contribution in [3.8, 4) is 32.4 Å². The van der Waals surface area contributed by atoms with E-state index in [9.17, 15) is 10.2 Å². The number of phenols is 2. The Morgan fingerprint density at radius 3 is 1.26 bits per heavy atom. The van der Waals surface area contributed by atoms with E-state index in [0.717, 1.165) is 32.0 Å². The van der Waals surface area contributed by atoms with Crippen LogP contribution in [-0.4, -0.2) is 10.2 Å². The second-order valence-corrected chi connectivity index (χ2v) is 10.2. The van der Waals surface area contributed by atoms with Crippen LogP contribution in [0, 0.1) is 0 Å². The van der Waals surface area contributed by atoms with E-state index >= 15 is 0 Å². The van der Waals surface area contributed by atoms with Gasteiger partial charge in [-0.3, -0.25) is 0 Å². The number of thiophene rings is 1. The SMILES string of the molecule is CC(C)(C)c1ccc(-c2ccc(-c3ccc(C(C)(C)C)cc3O)s2)c(O)c1. The highest BCUT2D eigenvalue weighted by Gasteiger charge is 2.19. The number of benzene rings is 2. The number of aromatic hydroxyl groups is 2. The molecule has 0 amide bonds. The minimum absolute atomic E-state index is 0.00277. The zero-order chi connectivity index (χ0) is 20.0. The van der Waals surface area contributed by atoms with Gasteiger partial charge in [0.05, 0.1) is 0 Å². The minimum Gasteiger partial charge on any atom is -0.507 e. The van der Waals surface area contributed by atoms with Crippen molar-refractivity contribution in [3.63, 3.8) is 0 Å². The highest BCUT2D eigenvalue weighted by molar-refractivity contribution is 7.18. The first-order chi connectivity index (χ1) is 12.5. The second kappa shape index (κ2) is 6.72. The monoisotopic (exact) mass is 380 g/mol. The van der Waals surface area contributed by atoms with Crippen molar-refractivity contribution in [2.24, 2.45) is 0 Å². The topological polar surface area (TPSA) is 40.5 Å². The van der Waals surface area contributed by atoms with Crippen LogP contribution >= 0.6 is 11.3 Å². The van der Waals surface area contributed by atoms with Crippen molar-refractivity contribution < 1.29 is 10.2 Å². The Labute approximate surface area is 166 Å². The molecule has 1 heterocycles. The van der Waals surface area contributed by atoms with Crippen LogP contribution in [0.25, 0.3) is 20.9 Å². The first-order valence-corrected chi connectivity index (χ1v) is 10.1. The molecule has 27 heavy (non-hydrogen) atoms. The molecule has 0 aliphatic heterocycles. The summed E-state index contributed by atoms with van der Waals surface area (Å²) in [5, 5.41) is 21.1. The highest BCUT2D eigenvalue weighted by Crippen LogP contribution is 2.42. The molecule has 1 aromatic heterocycles. The molecule has 0 bridgehead atoms. The van der Waals surface area contributed by atoms with Gasteiger partial charge in [-0.1, -0.05) is 53.7 Å². The molecule has 3 heteroatoms. The maximum atomic E-state index is 10.5. The Bertz CT molecular complexity index is 891. The van der Waals surface area contributed by atoms with E-state index < -0.39 is 0 Å². The molecule has 0 fully saturated rings. The lowest BCUT2D eigenvalue weighted by Gasteiger charge is -2.20. The third-order valence-corrected chi connectivity index (χ3v) is 6.02. The molecule has 2 nitrogen and oxygen atoms in total. The van der Waals surface area contributed by atoms with Crippen LogP contribution < -0.4 is 0 Å². The molecule has 2 N–H and O–H groups in total. The molecule has 0 saturated heterocycles. The molecule has 142 valence electrons. The smallest absolute Gasteiger partial charge is 0.124 e. The van der Waals surface area contributed by atoms with Crippen LogP contribution in [-0.2, 0) is 10.8 Å². The Hall–Kier alpha value is -2.26. The summed E-state index contributed by atoms with van der Waals surface area (Å²) >= 11 is 1.57. The highest BCUT2D eigenvalue weighted by atomic mass is 32.1. The summed E-state index contributed by atoms with van der Waals surface area (Å²) in [6.45, 7) is 12.8. The van der Waals surface area contributed by atoms with E-state index in [1.807, 2.05) is 36.4 Å². The predicted octanol–water partition coefficient (Wildman–Crippen LogP) is 7.09. The van der Waals surface area contributed by atoms with Crippen LogP contribution in [0.5, 0.6) is 11.5 Å². The Balaban J connectivity index is 1.96. The minimum atomic E-state index is -0.00277. The molecular weight excluding hydrogens is 352 g/mol. The van der Waals surface area contributed by atoms with Gasteiger partial charge in [0.2, 0.25) is 0 Å². The fourth-order valence-corrected chi connectivity index (χ4v) is 4.11. The molecule has 0 radical (unpaired) electrons. The summed E-state index contributed by atoms with van der Waals surface area (Å²) in [7, 11) is 0. The molecule has 0 spiro atoms. The molecular formula is C24H28O2S. The van der Waals surface area contributed by atoms with Crippen LogP contribution in [0.4, 0.5) is 0 Å². The van der Waals surface area contributed by atoms with Crippen LogP contribution in [0.15, 0.2) is 48.5 Å². The van der Waals surface area contributed by atoms with E-state index in [-0.39, 0.29) is 10.8 Å². The Kier molecular flexibility index (Phi) is 4.85. The Morgan fingerprint density at radius 2 is 0.963 bits per heavy atom. The van der Waals surface area contributed by atoms with E-state index in [4.69, 9.17) is 0 Å². The maximum absolute atomic E-state index is 10.5. The summed E-state index contributed by atoms with van der Waals surface area (Å²) in [4.78, 5) is 1.98. The second-order valence-electron chi connectivity index (χ2n) is 9.13. The fraction of sp³-hybridized carbons (Fsp3) is 0.333. The van der Waals surface area contributed by atoms with E-state index in [1.165, 1.54) is 0 Å². The molecule has 0 aliphatic rings. The van der Waals surface area contributed by atoms with E-state index in [1.54, 1.807) is 11.3 Å². The van der Waals surface area contributed by atoms with Crippen molar-refractivity contribution in [1.82, 2.24) is 0 Å². The molecule has 0 unspecified atom stereocenters. The molecule has 2 aromatic carbocycles. The van der Waals surface area contributed by atoms with E-state index in [2.05, 4.69) is 53.7 Å². The summed E-state index contributed by atoms with van der Waals surface area (Å²) in [5.74, 6) is 0.589. The molecule has 0 saturated carbocycles. The first kappa shape index (κ1) is 19.5. The lowest BCUT2D eigenvalue weighted by atomic mass is 9.86. The predicted molar refractivity (Wildman–Crippen MR) is 116 cm³/mol. The van der Waals surface area contributed by atoms with Crippen molar-refractivity contribution in [3.05, 3.63) is 59.7 Å². The van der Waals surface area contributed by atoms with Crippen molar-refractivity contribution >= 4 is 11.3 Å². The lowest BCUT2D eigenvalue weighted by Crippen LogP contribution is -2.10. The van der Waals surface area contributed by atoms with Gasteiger partial charge >= 0.3 is 0 Å². The zero-order valence-electron chi connectivity index (χ0n) is 16.9. The number of hydrogen-bond donors (Lipinski definition) is 2. The van der Waals surface area contributed by atoms with Gasteiger partial charge in [-0.05, 0) is 58.4 Å². The third-order valence-electron chi connectivity index (χ3n) is 4.86. The number of rotatable bonds is 2. The van der Waals surface area contributed by atoms with Crippen molar-refractivity contribution in [1.29, 1.82) is 0 Å². The quantitative estimate of drug-likeness (QED) is 0.498. The van der Waals surface area contributed by atoms with Crippen LogP contribution in [0.3, 0.4) is 0 Å². The van der Waals surface area contributed by atoms with Gasteiger partial charge in [-0.15, -0.1) is 11.3 Å². The van der Waals surface area contributed by atoms with Gasteiger partial charge in [0, 0.05) is 20.9 Å². The van der Waals surface area contributed by atoms with Gasteiger partial charge in [0.15, 0.2) is 0 Å². The molecule has 0 atom stereocenters. The van der Waals surface area contributed by atoms with Gasteiger partial charge in [-0.2, -0.15) is 0 Å². The summed E-state index contributed by atoms with van der Waals surface area (Å²) < 4.78 is 0. The standard InChI is InChI=1S/C24H28O2S/c1-23(2,3)15-7-9-17(19(25)13-15)21-11-12-22(27-21)18-10-8-16(14-20(18)26)24(4,5)6/h7-14,25-26H,1-6H3. The number of phenolic OH excluding ortho intramolecular Hbond substituents is 2. The summed E-state index contributed by atoms with van der Waals surface area (Å²) in [6, 6.07) is 15.8. The van der Waals surface area contributed by atoms with Crippen molar-refractivity contribution in [2.75, 3.05) is 0 Å². The molecule has 0 aliphatic carbocycles. The number of hydrogen-bond acceptors (Lipinski definition) is 3. The van der Waals surface area contributed by atoms with Gasteiger partial charge < -0.3 is 10.2 Å². The third kappa shape index (κ3) is 4.03. The Morgan fingerprint density at radius 1 is 0.593 bits per heavy atom. The van der Waals surface area contributed by atoms with Crippen LogP contribution in [0.2, 0.25) is 0 Å². The summed E-state index contributed by atoms with van der Waals surface area (Å²) in [6.07, 6.45) is 0. The lowest BCUT2D eigenvalue weighted by molar-refractivity contribution is 0.473. The molecule has 3 rings (SSSR count). The summed E-state index contributed by atoms with van der Waals surface area (Å²) in [5.41, 5.74) is 3.86. The first-order valence-electron chi connectivity index (χ1n) is 9.24. The van der Waals surface area contributed by atoms with Gasteiger partial charge in [-0.25, -0.2) is 0 Å². The normalized spacial score (nSPS) is 12.4. The average Bonchev–Trinajstić information content (AvgIpc) is 3.02. The van der Waals surface area contributed by atoms with Gasteiger partial charge in [0.25, 0.3) is 0 Å². The fourth-order valence-electron chi connectivity index (χ4n) is 3.04.